The maximum atomic E-state index is 13.3. The zero-order valence-corrected chi connectivity index (χ0v) is 17.2. The van der Waals surface area contributed by atoms with Crippen LogP contribution in [-0.2, 0) is 9.84 Å². The summed E-state index contributed by atoms with van der Waals surface area (Å²) in [5.41, 5.74) is -0.0839. The van der Waals surface area contributed by atoms with Gasteiger partial charge < -0.3 is 9.47 Å². The van der Waals surface area contributed by atoms with Crippen molar-refractivity contribution < 1.29 is 27.1 Å². The van der Waals surface area contributed by atoms with Gasteiger partial charge in [0.1, 0.15) is 28.6 Å². The van der Waals surface area contributed by atoms with E-state index in [-0.39, 0.29) is 37.8 Å². The summed E-state index contributed by atoms with van der Waals surface area (Å²) >= 11 is 11.9. The molecule has 0 spiro atoms. The third-order valence-corrected chi connectivity index (χ3v) is 5.46. The van der Waals surface area contributed by atoms with Gasteiger partial charge in [-0.2, -0.15) is 0 Å². The first-order valence-corrected chi connectivity index (χ1v) is 10.7. The van der Waals surface area contributed by atoms with Gasteiger partial charge >= 0.3 is 5.97 Å². The lowest BCUT2D eigenvalue weighted by Crippen LogP contribution is -2.11. The Morgan fingerprint density at radius 1 is 0.931 bits per heavy atom. The van der Waals surface area contributed by atoms with E-state index >= 15 is 0 Å². The first-order chi connectivity index (χ1) is 13.6. The molecule has 0 aliphatic heterocycles. The highest BCUT2D eigenvalue weighted by Gasteiger charge is 2.20. The molecule has 0 amide bonds. The van der Waals surface area contributed by atoms with Crippen LogP contribution in [0.4, 0.5) is 4.39 Å². The smallest absolute Gasteiger partial charge is 0.348 e. The second-order valence-corrected chi connectivity index (χ2v) is 8.76. The average molecular weight is 455 g/mol. The van der Waals surface area contributed by atoms with Crippen LogP contribution < -0.4 is 9.47 Å². The second-order valence-electron chi connectivity index (χ2n) is 5.93. The van der Waals surface area contributed by atoms with Crippen molar-refractivity contribution in [1.29, 1.82) is 0 Å². The fraction of sp³-hybridized carbons (Fsp3) is 0.0500. The summed E-state index contributed by atoms with van der Waals surface area (Å²) < 4.78 is 47.6. The van der Waals surface area contributed by atoms with Crippen LogP contribution in [0.25, 0.3) is 0 Å². The zero-order chi connectivity index (χ0) is 21.2. The number of carbonyl (C=O) groups is 1. The Morgan fingerprint density at radius 3 is 2.34 bits per heavy atom. The first-order valence-electron chi connectivity index (χ1n) is 8.09. The summed E-state index contributed by atoms with van der Waals surface area (Å²) in [4.78, 5) is 12.7. The fourth-order valence-electron chi connectivity index (χ4n) is 2.38. The Bertz CT molecular complexity index is 1200. The van der Waals surface area contributed by atoms with Crippen molar-refractivity contribution in [2.24, 2.45) is 0 Å². The van der Waals surface area contributed by atoms with E-state index in [4.69, 9.17) is 32.7 Å². The highest BCUT2D eigenvalue weighted by atomic mass is 35.5. The van der Waals surface area contributed by atoms with Gasteiger partial charge in [0, 0.05) is 12.3 Å². The van der Waals surface area contributed by atoms with Crippen molar-refractivity contribution in [3.8, 4) is 17.2 Å². The van der Waals surface area contributed by atoms with E-state index in [0.717, 1.165) is 12.3 Å². The quantitative estimate of drug-likeness (QED) is 0.373. The molecule has 0 unspecified atom stereocenters. The van der Waals surface area contributed by atoms with Crippen molar-refractivity contribution in [3.63, 3.8) is 0 Å². The molecule has 0 aliphatic rings. The van der Waals surface area contributed by atoms with Crippen LogP contribution in [0.5, 0.6) is 17.2 Å². The molecule has 0 saturated heterocycles. The van der Waals surface area contributed by atoms with Gasteiger partial charge in [-0.3, -0.25) is 0 Å². The molecular weight excluding hydrogens is 442 g/mol. The van der Waals surface area contributed by atoms with E-state index in [1.165, 1.54) is 48.5 Å². The predicted octanol–water partition coefficient (Wildman–Crippen LogP) is 5.55. The standard InChI is InChI=1S/C20H13Cl2FO5S/c1-29(25,26)14-5-2-4-12(10-14)28-20(24)19-15(21)6-3-7-18(19)27-13-8-9-17(23)16(22)11-13/h2-11H,1H3. The number of rotatable bonds is 5. The summed E-state index contributed by atoms with van der Waals surface area (Å²) in [7, 11) is -3.48. The number of esters is 1. The number of carbonyl (C=O) groups excluding carboxylic acids is 1. The summed E-state index contributed by atoms with van der Waals surface area (Å²) in [6.45, 7) is 0. The zero-order valence-electron chi connectivity index (χ0n) is 14.9. The monoisotopic (exact) mass is 454 g/mol. The molecule has 3 aromatic carbocycles. The number of ether oxygens (including phenoxy) is 2. The highest BCUT2D eigenvalue weighted by Crippen LogP contribution is 2.33. The summed E-state index contributed by atoms with van der Waals surface area (Å²) in [6, 6.07) is 13.7. The maximum Gasteiger partial charge on any atom is 0.348 e. The van der Waals surface area contributed by atoms with Crippen LogP contribution in [0.2, 0.25) is 10.0 Å². The van der Waals surface area contributed by atoms with Crippen molar-refractivity contribution >= 4 is 39.0 Å². The van der Waals surface area contributed by atoms with Gasteiger partial charge in [-0.25, -0.2) is 17.6 Å². The Morgan fingerprint density at radius 2 is 1.66 bits per heavy atom. The van der Waals surface area contributed by atoms with Crippen LogP contribution in [0.3, 0.4) is 0 Å². The molecule has 0 saturated carbocycles. The van der Waals surface area contributed by atoms with Crippen LogP contribution in [0.15, 0.2) is 65.6 Å². The molecule has 0 atom stereocenters. The Labute approximate surface area is 176 Å². The lowest BCUT2D eigenvalue weighted by atomic mass is 10.2. The molecule has 9 heteroatoms. The topological polar surface area (TPSA) is 69.7 Å². The normalized spacial score (nSPS) is 11.2. The molecule has 0 aromatic heterocycles. The molecule has 5 nitrogen and oxygen atoms in total. The third-order valence-electron chi connectivity index (χ3n) is 3.74. The summed E-state index contributed by atoms with van der Waals surface area (Å²) in [6.07, 6.45) is 1.04. The van der Waals surface area contributed by atoms with Crippen LogP contribution in [0, 0.1) is 5.82 Å². The van der Waals surface area contributed by atoms with Crippen LogP contribution in [0.1, 0.15) is 10.4 Å². The van der Waals surface area contributed by atoms with Gasteiger partial charge in [-0.05, 0) is 42.5 Å². The molecule has 0 aliphatic carbocycles. The number of sulfone groups is 1. The molecule has 3 rings (SSSR count). The minimum atomic E-state index is -3.48. The minimum absolute atomic E-state index is 0.000568. The molecule has 0 fully saturated rings. The van der Waals surface area contributed by atoms with Crippen molar-refractivity contribution in [3.05, 3.63) is 82.1 Å². The number of benzene rings is 3. The molecule has 0 radical (unpaired) electrons. The molecule has 0 heterocycles. The van der Waals surface area contributed by atoms with Crippen molar-refractivity contribution in [2.75, 3.05) is 6.26 Å². The first kappa shape index (κ1) is 21.1. The van der Waals surface area contributed by atoms with Gasteiger partial charge in [0.2, 0.25) is 0 Å². The Balaban J connectivity index is 1.92. The molecule has 150 valence electrons. The highest BCUT2D eigenvalue weighted by molar-refractivity contribution is 7.90. The van der Waals surface area contributed by atoms with Gasteiger partial charge in [0.25, 0.3) is 0 Å². The SMILES string of the molecule is CS(=O)(=O)c1cccc(OC(=O)c2c(Cl)cccc2Oc2ccc(F)c(Cl)c2)c1. The van der Waals surface area contributed by atoms with Gasteiger partial charge in [0.05, 0.1) is 14.9 Å². The predicted molar refractivity (Wildman–Crippen MR) is 107 cm³/mol. The molecule has 3 aromatic rings. The number of hydrogen-bond acceptors (Lipinski definition) is 5. The average Bonchev–Trinajstić information content (AvgIpc) is 2.64. The molecule has 29 heavy (non-hydrogen) atoms. The van der Waals surface area contributed by atoms with Gasteiger partial charge in [-0.15, -0.1) is 0 Å². The summed E-state index contributed by atoms with van der Waals surface area (Å²) in [5, 5.41) is -0.0915. The van der Waals surface area contributed by atoms with E-state index in [2.05, 4.69) is 0 Å². The lowest BCUT2D eigenvalue weighted by molar-refractivity contribution is 0.0732. The molecule has 0 bridgehead atoms. The second kappa shape index (κ2) is 8.41. The van der Waals surface area contributed by atoms with Gasteiger partial charge in [0.15, 0.2) is 9.84 Å². The molecule has 0 N–H and O–H groups in total. The number of halogens is 3. The van der Waals surface area contributed by atoms with Gasteiger partial charge in [-0.1, -0.05) is 35.3 Å². The minimum Gasteiger partial charge on any atom is -0.456 e. The fourth-order valence-corrected chi connectivity index (χ4v) is 3.45. The molecular formula is C20H13Cl2FO5S. The van der Waals surface area contributed by atoms with E-state index in [1.54, 1.807) is 6.07 Å². The van der Waals surface area contributed by atoms with Crippen LogP contribution >= 0.6 is 23.2 Å². The number of hydrogen-bond donors (Lipinski definition) is 0. The third kappa shape index (κ3) is 5.06. The van der Waals surface area contributed by atoms with E-state index in [9.17, 15) is 17.6 Å². The van der Waals surface area contributed by atoms with E-state index < -0.39 is 21.6 Å². The van der Waals surface area contributed by atoms with E-state index in [0.29, 0.717) is 0 Å². The lowest BCUT2D eigenvalue weighted by Gasteiger charge is -2.13. The van der Waals surface area contributed by atoms with Crippen molar-refractivity contribution in [2.45, 2.75) is 4.90 Å². The summed E-state index contributed by atoms with van der Waals surface area (Å²) in [5.74, 6) is -1.20. The van der Waals surface area contributed by atoms with E-state index in [1.807, 2.05) is 0 Å². The Kier molecular flexibility index (Phi) is 6.12. The van der Waals surface area contributed by atoms with Crippen LogP contribution in [-0.4, -0.2) is 20.6 Å². The largest absolute Gasteiger partial charge is 0.456 e. The van der Waals surface area contributed by atoms with Crippen molar-refractivity contribution in [1.82, 2.24) is 0 Å². The maximum absolute atomic E-state index is 13.3. The Hall–Kier alpha value is -2.61.